The maximum absolute atomic E-state index is 11.1. The molecule has 26 heavy (non-hydrogen) atoms. The molecule has 132 valence electrons. The van der Waals surface area contributed by atoms with Gasteiger partial charge >= 0.3 is 6.09 Å². The van der Waals surface area contributed by atoms with Crippen LogP contribution in [0, 0.1) is 23.2 Å². The molecule has 8 heteroatoms. The van der Waals surface area contributed by atoms with E-state index >= 15 is 0 Å². The van der Waals surface area contributed by atoms with Gasteiger partial charge in [0.05, 0.1) is 28.5 Å². The summed E-state index contributed by atoms with van der Waals surface area (Å²) in [6, 6.07) is 9.19. The Kier molecular flexibility index (Phi) is 4.13. The molecule has 2 fully saturated rings. The number of anilines is 1. The second kappa shape index (κ2) is 6.46. The van der Waals surface area contributed by atoms with E-state index in [2.05, 4.69) is 20.9 Å². The Morgan fingerprint density at radius 1 is 1.19 bits per heavy atom. The largest absolute Gasteiger partial charge is 0.465 e. The lowest BCUT2D eigenvalue weighted by Gasteiger charge is -2.20. The summed E-state index contributed by atoms with van der Waals surface area (Å²) in [7, 11) is 0. The first-order valence-corrected chi connectivity index (χ1v) is 8.69. The maximum Gasteiger partial charge on any atom is 0.407 e. The summed E-state index contributed by atoms with van der Waals surface area (Å²) < 4.78 is 0. The molecule has 0 radical (unpaired) electrons. The number of hydrogen-bond acceptors (Lipinski definition) is 5. The first-order valence-electron chi connectivity index (χ1n) is 8.31. The van der Waals surface area contributed by atoms with Gasteiger partial charge in [0.2, 0.25) is 5.95 Å². The summed E-state index contributed by atoms with van der Waals surface area (Å²) in [4.78, 5) is 23.7. The molecule has 2 aliphatic heterocycles. The number of carbonyl (C=O) groups is 1. The minimum atomic E-state index is -0.850. The minimum Gasteiger partial charge on any atom is -0.465 e. The fourth-order valence-corrected chi connectivity index (χ4v) is 3.93. The third kappa shape index (κ3) is 2.93. The van der Waals surface area contributed by atoms with E-state index in [4.69, 9.17) is 22.0 Å². The Bertz CT molecular complexity index is 881. The standard InChI is InChI=1S/C18H16ClN5O2/c19-15-6-21-17(22-16(15)12-3-1-11(5-20)2-4-12)23-7-13-9-24(18(25)26)10-14(13)8-23/h1-4,6,13-14H,7-10H2,(H,25,26)/t13-,14+. The number of amides is 1. The molecule has 2 aliphatic rings. The van der Waals surface area contributed by atoms with Gasteiger partial charge in [-0.2, -0.15) is 5.26 Å². The summed E-state index contributed by atoms with van der Waals surface area (Å²) in [5.41, 5.74) is 2.04. The van der Waals surface area contributed by atoms with Crippen molar-refractivity contribution in [2.24, 2.45) is 11.8 Å². The van der Waals surface area contributed by atoms with Crippen LogP contribution in [0.4, 0.5) is 10.7 Å². The van der Waals surface area contributed by atoms with Gasteiger partial charge in [0, 0.05) is 43.6 Å². The second-order valence-electron chi connectivity index (χ2n) is 6.67. The van der Waals surface area contributed by atoms with Gasteiger partial charge in [-0.25, -0.2) is 14.8 Å². The van der Waals surface area contributed by atoms with Gasteiger partial charge in [-0.1, -0.05) is 23.7 Å². The van der Waals surface area contributed by atoms with Crippen molar-refractivity contribution in [1.82, 2.24) is 14.9 Å². The van der Waals surface area contributed by atoms with Gasteiger partial charge in [-0.3, -0.25) is 0 Å². The van der Waals surface area contributed by atoms with Crippen molar-refractivity contribution in [3.63, 3.8) is 0 Å². The van der Waals surface area contributed by atoms with Crippen LogP contribution >= 0.6 is 11.6 Å². The van der Waals surface area contributed by atoms with Crippen LogP contribution in [0.2, 0.25) is 5.02 Å². The highest BCUT2D eigenvalue weighted by Crippen LogP contribution is 2.34. The first kappa shape index (κ1) is 16.6. The molecule has 1 aromatic carbocycles. The zero-order valence-corrected chi connectivity index (χ0v) is 14.6. The fraction of sp³-hybridized carbons (Fsp3) is 0.333. The van der Waals surface area contributed by atoms with Crippen LogP contribution in [-0.2, 0) is 0 Å². The zero-order chi connectivity index (χ0) is 18.3. The van der Waals surface area contributed by atoms with Crippen LogP contribution in [0.25, 0.3) is 11.3 Å². The summed E-state index contributed by atoms with van der Waals surface area (Å²) in [6.45, 7) is 2.60. The van der Waals surface area contributed by atoms with E-state index in [9.17, 15) is 4.79 Å². The predicted molar refractivity (Wildman–Crippen MR) is 96.0 cm³/mol. The Hall–Kier alpha value is -2.85. The molecule has 2 aromatic rings. The zero-order valence-electron chi connectivity index (χ0n) is 13.8. The number of carboxylic acid groups (broad SMARTS) is 1. The fourth-order valence-electron chi connectivity index (χ4n) is 3.73. The first-order chi connectivity index (χ1) is 12.5. The molecule has 2 saturated heterocycles. The lowest BCUT2D eigenvalue weighted by molar-refractivity contribution is 0.153. The van der Waals surface area contributed by atoms with Crippen LogP contribution in [0.5, 0.6) is 0 Å². The number of likely N-dealkylation sites (tertiary alicyclic amines) is 1. The average Bonchev–Trinajstić information content (AvgIpc) is 3.21. The number of hydrogen-bond donors (Lipinski definition) is 1. The van der Waals surface area contributed by atoms with Crippen molar-refractivity contribution in [2.75, 3.05) is 31.1 Å². The third-order valence-corrected chi connectivity index (χ3v) is 5.34. The van der Waals surface area contributed by atoms with Gasteiger partial charge in [-0.15, -0.1) is 0 Å². The molecule has 0 spiro atoms. The van der Waals surface area contributed by atoms with Crippen LogP contribution < -0.4 is 4.90 Å². The number of rotatable bonds is 2. The Balaban J connectivity index is 1.56. The van der Waals surface area contributed by atoms with Gasteiger partial charge < -0.3 is 14.9 Å². The smallest absolute Gasteiger partial charge is 0.407 e. The van der Waals surface area contributed by atoms with E-state index in [1.165, 1.54) is 4.90 Å². The summed E-state index contributed by atoms with van der Waals surface area (Å²) in [5.74, 6) is 1.22. The van der Waals surface area contributed by atoms with Crippen molar-refractivity contribution in [3.05, 3.63) is 41.0 Å². The summed E-state index contributed by atoms with van der Waals surface area (Å²) >= 11 is 6.28. The van der Waals surface area contributed by atoms with Gasteiger partial charge in [0.25, 0.3) is 0 Å². The number of fused-ring (bicyclic) bond motifs is 1. The Morgan fingerprint density at radius 3 is 2.42 bits per heavy atom. The predicted octanol–water partition coefficient (Wildman–Crippen LogP) is 2.71. The second-order valence-corrected chi connectivity index (χ2v) is 7.08. The van der Waals surface area contributed by atoms with Gasteiger partial charge in [0.1, 0.15) is 0 Å². The molecule has 1 aromatic heterocycles. The third-order valence-electron chi connectivity index (χ3n) is 5.06. The Morgan fingerprint density at radius 2 is 1.85 bits per heavy atom. The van der Waals surface area contributed by atoms with E-state index in [0.717, 1.165) is 18.7 Å². The molecule has 0 bridgehead atoms. The molecule has 2 atom stereocenters. The minimum absolute atomic E-state index is 0.309. The highest BCUT2D eigenvalue weighted by molar-refractivity contribution is 6.32. The van der Waals surface area contributed by atoms with E-state index in [1.54, 1.807) is 18.3 Å². The molecule has 7 nitrogen and oxygen atoms in total. The molecular weight excluding hydrogens is 354 g/mol. The molecule has 1 N–H and O–H groups in total. The monoisotopic (exact) mass is 369 g/mol. The van der Waals surface area contributed by atoms with Crippen LogP contribution in [0.1, 0.15) is 5.56 Å². The quantitative estimate of drug-likeness (QED) is 0.874. The number of benzene rings is 1. The topological polar surface area (TPSA) is 93.4 Å². The van der Waals surface area contributed by atoms with E-state index in [0.29, 0.717) is 47.2 Å². The average molecular weight is 370 g/mol. The molecule has 4 rings (SSSR count). The van der Waals surface area contributed by atoms with E-state index in [-0.39, 0.29) is 0 Å². The molecule has 0 unspecified atom stereocenters. The number of nitriles is 1. The highest BCUT2D eigenvalue weighted by atomic mass is 35.5. The van der Waals surface area contributed by atoms with Crippen LogP contribution in [0.3, 0.4) is 0 Å². The number of aromatic nitrogens is 2. The lowest BCUT2D eigenvalue weighted by atomic mass is 10.0. The lowest BCUT2D eigenvalue weighted by Crippen LogP contribution is -2.32. The van der Waals surface area contributed by atoms with Crippen LogP contribution in [0.15, 0.2) is 30.5 Å². The van der Waals surface area contributed by atoms with Gasteiger partial charge in [-0.05, 0) is 12.1 Å². The summed E-state index contributed by atoms with van der Waals surface area (Å²) in [5, 5.41) is 18.5. The van der Waals surface area contributed by atoms with Crippen molar-refractivity contribution in [1.29, 1.82) is 5.26 Å². The number of nitrogens with zero attached hydrogens (tertiary/aromatic N) is 5. The van der Waals surface area contributed by atoms with Crippen molar-refractivity contribution >= 4 is 23.6 Å². The number of halogens is 1. The Labute approximate surface area is 155 Å². The van der Waals surface area contributed by atoms with Gasteiger partial charge in [0.15, 0.2) is 0 Å². The summed E-state index contributed by atoms with van der Waals surface area (Å²) in [6.07, 6.45) is 0.742. The van der Waals surface area contributed by atoms with Crippen molar-refractivity contribution < 1.29 is 9.90 Å². The molecule has 0 aliphatic carbocycles. The van der Waals surface area contributed by atoms with Crippen LogP contribution in [-0.4, -0.2) is 52.2 Å². The molecule has 1 amide bonds. The molecule has 0 saturated carbocycles. The SMILES string of the molecule is N#Cc1ccc(-c2nc(N3C[C@H]4CN(C(=O)O)C[C@H]4C3)ncc2Cl)cc1. The van der Waals surface area contributed by atoms with Crippen molar-refractivity contribution in [2.45, 2.75) is 0 Å². The van der Waals surface area contributed by atoms with Crippen molar-refractivity contribution in [3.8, 4) is 17.3 Å². The maximum atomic E-state index is 11.1. The molecular formula is C18H16ClN5O2. The van der Waals surface area contributed by atoms with E-state index in [1.807, 2.05) is 12.1 Å². The molecule has 3 heterocycles. The normalized spacial score (nSPS) is 21.5. The van der Waals surface area contributed by atoms with E-state index < -0.39 is 6.09 Å². The highest BCUT2D eigenvalue weighted by Gasteiger charge is 2.42.